The fourth-order valence-corrected chi connectivity index (χ4v) is 2.97. The Balaban J connectivity index is 1.63. The normalized spacial score (nSPS) is 13.8. The third kappa shape index (κ3) is 5.11. The average Bonchev–Trinajstić information content (AvgIpc) is 2.72. The third-order valence-electron chi connectivity index (χ3n) is 4.27. The number of nitro benzene ring substituents is 1. The third-order valence-corrected chi connectivity index (χ3v) is 4.52. The van der Waals surface area contributed by atoms with Crippen LogP contribution in [0, 0.1) is 10.1 Å². The number of nitro groups is 1. The van der Waals surface area contributed by atoms with Crippen LogP contribution in [0.3, 0.4) is 0 Å². The number of benzene rings is 2. The molecule has 148 valence electrons. The van der Waals surface area contributed by atoms with Gasteiger partial charge in [0.2, 0.25) is 0 Å². The SMILES string of the molecule is O=C(NCCOc1ccc(Cl)cc1)c1cc(N2CCOCC2)ccc1[N+](=O)[O-]. The largest absolute Gasteiger partial charge is 0.492 e. The minimum absolute atomic E-state index is 0.0282. The predicted molar refractivity (Wildman–Crippen MR) is 105 cm³/mol. The van der Waals surface area contributed by atoms with Crippen molar-refractivity contribution in [1.29, 1.82) is 0 Å². The van der Waals surface area contributed by atoms with Crippen molar-refractivity contribution in [2.45, 2.75) is 0 Å². The molecule has 0 saturated carbocycles. The van der Waals surface area contributed by atoms with Crippen LogP contribution in [0.5, 0.6) is 5.75 Å². The van der Waals surface area contributed by atoms with E-state index in [1.165, 1.54) is 6.07 Å². The lowest BCUT2D eigenvalue weighted by Gasteiger charge is -2.29. The van der Waals surface area contributed by atoms with Crippen molar-refractivity contribution in [2.24, 2.45) is 0 Å². The number of halogens is 1. The number of nitrogens with one attached hydrogen (secondary N) is 1. The topological polar surface area (TPSA) is 93.9 Å². The highest BCUT2D eigenvalue weighted by Crippen LogP contribution is 2.25. The highest BCUT2D eigenvalue weighted by molar-refractivity contribution is 6.30. The lowest BCUT2D eigenvalue weighted by molar-refractivity contribution is -0.385. The van der Waals surface area contributed by atoms with Gasteiger partial charge in [0.15, 0.2) is 0 Å². The first kappa shape index (κ1) is 19.9. The summed E-state index contributed by atoms with van der Waals surface area (Å²) < 4.78 is 10.8. The summed E-state index contributed by atoms with van der Waals surface area (Å²) in [5, 5.41) is 14.6. The zero-order valence-electron chi connectivity index (χ0n) is 15.1. The van der Waals surface area contributed by atoms with E-state index >= 15 is 0 Å². The molecule has 1 N–H and O–H groups in total. The molecular formula is C19H20ClN3O5. The molecule has 28 heavy (non-hydrogen) atoms. The minimum atomic E-state index is -0.553. The number of rotatable bonds is 7. The number of carbonyl (C=O) groups is 1. The number of carbonyl (C=O) groups excluding carboxylic acids is 1. The summed E-state index contributed by atoms with van der Waals surface area (Å²) in [5.41, 5.74) is 0.560. The number of morpholine rings is 1. The molecule has 8 nitrogen and oxygen atoms in total. The van der Waals surface area contributed by atoms with Gasteiger partial charge in [0.1, 0.15) is 17.9 Å². The number of ether oxygens (including phenoxy) is 2. The molecule has 1 aliphatic rings. The van der Waals surface area contributed by atoms with Crippen LogP contribution in [-0.2, 0) is 4.74 Å². The van der Waals surface area contributed by atoms with E-state index in [2.05, 4.69) is 5.32 Å². The first-order valence-electron chi connectivity index (χ1n) is 8.82. The van der Waals surface area contributed by atoms with Crippen LogP contribution < -0.4 is 15.0 Å². The summed E-state index contributed by atoms with van der Waals surface area (Å²) in [6.45, 7) is 2.95. The quantitative estimate of drug-likeness (QED) is 0.432. The average molecular weight is 406 g/mol. The maximum atomic E-state index is 12.5. The predicted octanol–water partition coefficient (Wildman–Crippen LogP) is 2.89. The van der Waals surface area contributed by atoms with Crippen molar-refractivity contribution in [3.63, 3.8) is 0 Å². The van der Waals surface area contributed by atoms with Gasteiger partial charge in [-0.25, -0.2) is 0 Å². The summed E-state index contributed by atoms with van der Waals surface area (Å²) in [6.07, 6.45) is 0. The van der Waals surface area contributed by atoms with Gasteiger partial charge in [-0.15, -0.1) is 0 Å². The van der Waals surface area contributed by atoms with Crippen molar-refractivity contribution in [2.75, 3.05) is 44.4 Å². The molecule has 0 spiro atoms. The van der Waals surface area contributed by atoms with Crippen molar-refractivity contribution in [3.8, 4) is 5.75 Å². The van der Waals surface area contributed by atoms with E-state index in [-0.39, 0.29) is 24.4 Å². The Morgan fingerprint density at radius 2 is 1.93 bits per heavy atom. The molecule has 0 radical (unpaired) electrons. The zero-order chi connectivity index (χ0) is 19.9. The van der Waals surface area contributed by atoms with Gasteiger partial charge in [-0.3, -0.25) is 14.9 Å². The second kappa shape index (κ2) is 9.38. The molecule has 2 aromatic carbocycles. The fourth-order valence-electron chi connectivity index (χ4n) is 2.84. The maximum Gasteiger partial charge on any atom is 0.282 e. The van der Waals surface area contributed by atoms with Crippen LogP contribution >= 0.6 is 11.6 Å². The van der Waals surface area contributed by atoms with Gasteiger partial charge in [-0.2, -0.15) is 0 Å². The molecule has 9 heteroatoms. The van der Waals surface area contributed by atoms with Gasteiger partial charge in [0.05, 0.1) is 24.7 Å². The summed E-state index contributed by atoms with van der Waals surface area (Å²) in [4.78, 5) is 25.3. The monoisotopic (exact) mass is 405 g/mol. The molecule has 0 bridgehead atoms. The zero-order valence-corrected chi connectivity index (χ0v) is 15.9. The highest BCUT2D eigenvalue weighted by Gasteiger charge is 2.22. The maximum absolute atomic E-state index is 12.5. The van der Waals surface area contributed by atoms with Crippen LogP contribution in [0.2, 0.25) is 5.02 Å². The molecule has 2 aromatic rings. The molecule has 0 aromatic heterocycles. The summed E-state index contributed by atoms with van der Waals surface area (Å²) in [7, 11) is 0. The standard InChI is InChI=1S/C19H20ClN3O5/c20-14-1-4-16(5-2-14)28-10-7-21-19(24)17-13-15(3-6-18(17)23(25)26)22-8-11-27-12-9-22/h1-6,13H,7-12H2,(H,21,24). The molecular weight excluding hydrogens is 386 g/mol. The number of amides is 1. The first-order chi connectivity index (χ1) is 13.5. The molecule has 0 aliphatic carbocycles. The van der Waals surface area contributed by atoms with E-state index in [1.54, 1.807) is 36.4 Å². The number of nitrogens with zero attached hydrogens (tertiary/aromatic N) is 2. The van der Waals surface area contributed by atoms with Gasteiger partial charge < -0.3 is 19.7 Å². The van der Waals surface area contributed by atoms with Crippen LogP contribution in [-0.4, -0.2) is 50.3 Å². The van der Waals surface area contributed by atoms with E-state index in [1.807, 2.05) is 4.90 Å². The summed E-state index contributed by atoms with van der Waals surface area (Å²) >= 11 is 5.81. The van der Waals surface area contributed by atoms with Gasteiger partial charge >= 0.3 is 0 Å². The van der Waals surface area contributed by atoms with Gasteiger partial charge in [0.25, 0.3) is 11.6 Å². The molecule has 1 heterocycles. The Labute approximate surface area is 167 Å². The lowest BCUT2D eigenvalue weighted by Crippen LogP contribution is -2.36. The van der Waals surface area contributed by atoms with Crippen molar-refractivity contribution >= 4 is 28.9 Å². The molecule has 0 atom stereocenters. The van der Waals surface area contributed by atoms with Crippen LogP contribution in [0.25, 0.3) is 0 Å². The van der Waals surface area contributed by atoms with E-state index in [9.17, 15) is 14.9 Å². The van der Waals surface area contributed by atoms with E-state index in [4.69, 9.17) is 21.1 Å². The Hall–Kier alpha value is -2.84. The highest BCUT2D eigenvalue weighted by atomic mass is 35.5. The molecule has 1 saturated heterocycles. The van der Waals surface area contributed by atoms with E-state index < -0.39 is 10.8 Å². The van der Waals surface area contributed by atoms with Crippen LogP contribution in [0.15, 0.2) is 42.5 Å². The molecule has 0 unspecified atom stereocenters. The second-order valence-corrected chi connectivity index (χ2v) is 6.55. The molecule has 1 fully saturated rings. The van der Waals surface area contributed by atoms with Crippen LogP contribution in [0.1, 0.15) is 10.4 Å². The Morgan fingerprint density at radius 3 is 2.61 bits per heavy atom. The second-order valence-electron chi connectivity index (χ2n) is 6.12. The number of hydrogen-bond donors (Lipinski definition) is 1. The number of anilines is 1. The lowest BCUT2D eigenvalue weighted by atomic mass is 10.1. The van der Waals surface area contributed by atoms with Crippen molar-refractivity contribution in [1.82, 2.24) is 5.32 Å². The van der Waals surface area contributed by atoms with E-state index in [0.29, 0.717) is 37.1 Å². The summed E-state index contributed by atoms with van der Waals surface area (Å²) in [5.74, 6) is 0.112. The Bertz CT molecular complexity index is 838. The Kier molecular flexibility index (Phi) is 6.67. The van der Waals surface area contributed by atoms with Gasteiger partial charge in [-0.05, 0) is 36.4 Å². The fraction of sp³-hybridized carbons (Fsp3) is 0.316. The van der Waals surface area contributed by atoms with Gasteiger partial charge in [0, 0.05) is 29.9 Å². The van der Waals surface area contributed by atoms with Crippen molar-refractivity contribution in [3.05, 3.63) is 63.2 Å². The number of hydrogen-bond acceptors (Lipinski definition) is 6. The minimum Gasteiger partial charge on any atom is -0.492 e. The molecule has 1 aliphatic heterocycles. The molecule has 1 amide bonds. The Morgan fingerprint density at radius 1 is 1.21 bits per heavy atom. The summed E-state index contributed by atoms with van der Waals surface area (Å²) in [6, 6.07) is 11.4. The van der Waals surface area contributed by atoms with Crippen LogP contribution in [0.4, 0.5) is 11.4 Å². The molecule has 3 rings (SSSR count). The first-order valence-corrected chi connectivity index (χ1v) is 9.20. The van der Waals surface area contributed by atoms with Gasteiger partial charge in [-0.1, -0.05) is 11.6 Å². The van der Waals surface area contributed by atoms with E-state index in [0.717, 1.165) is 5.69 Å². The van der Waals surface area contributed by atoms with Crippen molar-refractivity contribution < 1.29 is 19.2 Å². The smallest absolute Gasteiger partial charge is 0.282 e.